The van der Waals surface area contributed by atoms with Gasteiger partial charge in [-0.15, -0.1) is 0 Å². The average molecular weight is 243 g/mol. The third-order valence-electron chi connectivity index (χ3n) is 2.41. The largest absolute Gasteiger partial charge is 0.438 e. The second kappa shape index (κ2) is 5.17. The highest BCUT2D eigenvalue weighted by Gasteiger charge is 2.20. The standard InChI is InChI=1S/C15H19N2O/c1-15(2,3)18-14-11-16-9-10-17(14)12-13-7-5-4-6-8-13/h4-11H,12H2,1-3H3/q+1. The van der Waals surface area contributed by atoms with Gasteiger partial charge in [0.05, 0.1) is 6.20 Å². The van der Waals surface area contributed by atoms with Crippen LogP contribution < -0.4 is 9.30 Å². The fraction of sp³-hybridized carbons (Fsp3) is 0.333. The first-order valence-corrected chi connectivity index (χ1v) is 6.11. The van der Waals surface area contributed by atoms with Crippen molar-refractivity contribution < 1.29 is 9.30 Å². The SMILES string of the molecule is CC(C)(C)Oc1cncc[n+]1Cc1ccccc1. The van der Waals surface area contributed by atoms with Gasteiger partial charge in [-0.25, -0.2) is 4.98 Å². The van der Waals surface area contributed by atoms with Crippen molar-refractivity contribution in [2.24, 2.45) is 0 Å². The van der Waals surface area contributed by atoms with Crippen LogP contribution in [-0.2, 0) is 6.54 Å². The van der Waals surface area contributed by atoms with Crippen molar-refractivity contribution in [1.29, 1.82) is 0 Å². The van der Waals surface area contributed by atoms with E-state index in [0.29, 0.717) is 0 Å². The predicted octanol–water partition coefficient (Wildman–Crippen LogP) is 2.59. The molecule has 0 aliphatic rings. The van der Waals surface area contributed by atoms with Crippen molar-refractivity contribution >= 4 is 0 Å². The molecule has 18 heavy (non-hydrogen) atoms. The lowest BCUT2D eigenvalue weighted by molar-refractivity contribution is -0.695. The van der Waals surface area contributed by atoms with Crippen molar-refractivity contribution in [1.82, 2.24) is 4.98 Å². The van der Waals surface area contributed by atoms with Crippen LogP contribution in [0.25, 0.3) is 0 Å². The van der Waals surface area contributed by atoms with Gasteiger partial charge in [-0.3, -0.25) is 0 Å². The number of benzene rings is 1. The third-order valence-corrected chi connectivity index (χ3v) is 2.41. The second-order valence-corrected chi connectivity index (χ2v) is 5.24. The molecule has 94 valence electrons. The van der Waals surface area contributed by atoms with Gasteiger partial charge < -0.3 is 4.74 Å². The van der Waals surface area contributed by atoms with Crippen LogP contribution in [0.4, 0.5) is 0 Å². The van der Waals surface area contributed by atoms with Crippen molar-refractivity contribution in [3.8, 4) is 5.88 Å². The molecule has 0 bridgehead atoms. The Kier molecular flexibility index (Phi) is 3.60. The first-order valence-electron chi connectivity index (χ1n) is 6.11. The average Bonchev–Trinajstić information content (AvgIpc) is 2.31. The van der Waals surface area contributed by atoms with Gasteiger partial charge in [-0.05, 0) is 20.8 Å². The monoisotopic (exact) mass is 243 g/mol. The molecule has 0 aliphatic carbocycles. The Labute approximate surface area is 108 Å². The highest BCUT2D eigenvalue weighted by atomic mass is 16.5. The van der Waals surface area contributed by atoms with E-state index in [-0.39, 0.29) is 5.60 Å². The van der Waals surface area contributed by atoms with Crippen molar-refractivity contribution in [3.63, 3.8) is 0 Å². The predicted molar refractivity (Wildman–Crippen MR) is 70.4 cm³/mol. The molecule has 3 heteroatoms. The summed E-state index contributed by atoms with van der Waals surface area (Å²) >= 11 is 0. The third kappa shape index (κ3) is 3.55. The molecule has 0 fully saturated rings. The van der Waals surface area contributed by atoms with Gasteiger partial charge >= 0.3 is 5.88 Å². The quantitative estimate of drug-likeness (QED) is 0.774. The Morgan fingerprint density at radius 1 is 1.17 bits per heavy atom. The molecule has 0 saturated carbocycles. The summed E-state index contributed by atoms with van der Waals surface area (Å²) in [5.74, 6) is 0.786. The molecule has 0 radical (unpaired) electrons. The van der Waals surface area contributed by atoms with E-state index in [2.05, 4.69) is 21.7 Å². The fourth-order valence-corrected chi connectivity index (χ4v) is 1.68. The number of rotatable bonds is 3. The minimum atomic E-state index is -0.221. The Morgan fingerprint density at radius 2 is 1.89 bits per heavy atom. The maximum atomic E-state index is 5.91. The summed E-state index contributed by atoms with van der Waals surface area (Å²) in [7, 11) is 0. The summed E-state index contributed by atoms with van der Waals surface area (Å²) in [5.41, 5.74) is 1.02. The summed E-state index contributed by atoms with van der Waals surface area (Å²) in [4.78, 5) is 4.13. The summed E-state index contributed by atoms with van der Waals surface area (Å²) in [6, 6.07) is 10.3. The van der Waals surface area contributed by atoms with Crippen LogP contribution in [0.15, 0.2) is 48.9 Å². The molecule has 0 atom stereocenters. The highest BCUT2D eigenvalue weighted by molar-refractivity contribution is 5.13. The Hall–Kier alpha value is -1.90. The molecule has 2 rings (SSSR count). The second-order valence-electron chi connectivity index (χ2n) is 5.24. The van der Waals surface area contributed by atoms with Crippen LogP contribution in [0.1, 0.15) is 26.3 Å². The van der Waals surface area contributed by atoms with E-state index in [9.17, 15) is 0 Å². The molecule has 0 aliphatic heterocycles. The minimum Gasteiger partial charge on any atom is -0.438 e. The molecule has 3 nitrogen and oxygen atoms in total. The molecule has 1 heterocycles. The van der Waals surface area contributed by atoms with Gasteiger partial charge in [-0.2, -0.15) is 4.57 Å². The molecule has 0 amide bonds. The van der Waals surface area contributed by atoms with E-state index in [0.717, 1.165) is 12.4 Å². The molecule has 1 aromatic carbocycles. The smallest absolute Gasteiger partial charge is 0.387 e. The van der Waals surface area contributed by atoms with Gasteiger partial charge in [0.1, 0.15) is 11.8 Å². The summed E-state index contributed by atoms with van der Waals surface area (Å²) in [5, 5.41) is 0. The maximum Gasteiger partial charge on any atom is 0.387 e. The fourth-order valence-electron chi connectivity index (χ4n) is 1.68. The zero-order valence-corrected chi connectivity index (χ0v) is 11.1. The lowest BCUT2D eigenvalue weighted by Gasteiger charge is -2.18. The molecule has 0 N–H and O–H groups in total. The number of ether oxygens (including phenoxy) is 1. The number of nitrogens with zero attached hydrogens (tertiary/aromatic N) is 2. The van der Waals surface area contributed by atoms with Crippen molar-refractivity contribution in [2.75, 3.05) is 0 Å². The van der Waals surface area contributed by atoms with Crippen LogP contribution in [-0.4, -0.2) is 10.6 Å². The number of aromatic nitrogens is 2. The van der Waals surface area contributed by atoms with Crippen molar-refractivity contribution in [3.05, 3.63) is 54.5 Å². The first-order chi connectivity index (χ1) is 8.54. The molecule has 0 unspecified atom stereocenters. The first kappa shape index (κ1) is 12.6. The zero-order valence-electron chi connectivity index (χ0n) is 11.1. The van der Waals surface area contributed by atoms with Crippen LogP contribution in [0.3, 0.4) is 0 Å². The minimum absolute atomic E-state index is 0.221. The van der Waals surface area contributed by atoms with E-state index >= 15 is 0 Å². The van der Waals surface area contributed by atoms with E-state index < -0.39 is 0 Å². The molecule has 2 aromatic rings. The molecule has 1 aromatic heterocycles. The molecule has 0 saturated heterocycles. The summed E-state index contributed by atoms with van der Waals surface area (Å²) in [6.07, 6.45) is 5.47. The highest BCUT2D eigenvalue weighted by Crippen LogP contribution is 2.12. The van der Waals surface area contributed by atoms with Crippen molar-refractivity contribution in [2.45, 2.75) is 32.9 Å². The topological polar surface area (TPSA) is 26.0 Å². The Balaban J connectivity index is 2.23. The van der Waals surface area contributed by atoms with Gasteiger partial charge in [0, 0.05) is 5.56 Å². The molecular weight excluding hydrogens is 224 g/mol. The molecular formula is C15H19N2O+. The lowest BCUT2D eigenvalue weighted by Crippen LogP contribution is -2.39. The van der Waals surface area contributed by atoms with Crippen LogP contribution in [0.2, 0.25) is 0 Å². The Bertz CT molecular complexity index is 503. The van der Waals surface area contributed by atoms with Gasteiger partial charge in [0.15, 0.2) is 12.7 Å². The lowest BCUT2D eigenvalue weighted by atomic mass is 10.2. The van der Waals surface area contributed by atoms with E-state index in [4.69, 9.17) is 4.74 Å². The normalized spacial score (nSPS) is 11.3. The zero-order chi connectivity index (χ0) is 13.0. The van der Waals surface area contributed by atoms with Crippen LogP contribution in [0, 0.1) is 0 Å². The van der Waals surface area contributed by atoms with Gasteiger partial charge in [0.25, 0.3) is 0 Å². The van der Waals surface area contributed by atoms with Crippen LogP contribution in [0.5, 0.6) is 5.88 Å². The number of hydrogen-bond acceptors (Lipinski definition) is 2. The van der Waals surface area contributed by atoms with E-state index in [1.807, 2.05) is 45.2 Å². The Morgan fingerprint density at radius 3 is 2.56 bits per heavy atom. The molecule has 0 spiro atoms. The number of hydrogen-bond donors (Lipinski definition) is 0. The summed E-state index contributed by atoms with van der Waals surface area (Å²) < 4.78 is 7.97. The van der Waals surface area contributed by atoms with Crippen LogP contribution >= 0.6 is 0 Å². The van der Waals surface area contributed by atoms with E-state index in [1.54, 1.807) is 12.4 Å². The van der Waals surface area contributed by atoms with E-state index in [1.165, 1.54) is 5.56 Å². The summed E-state index contributed by atoms with van der Waals surface area (Å²) in [6.45, 7) is 6.89. The van der Waals surface area contributed by atoms with Gasteiger partial charge in [-0.1, -0.05) is 30.3 Å². The van der Waals surface area contributed by atoms with Gasteiger partial charge in [0.2, 0.25) is 0 Å². The maximum absolute atomic E-state index is 5.91.